The first-order valence-electron chi connectivity index (χ1n) is 6.89. The van der Waals surface area contributed by atoms with Gasteiger partial charge in [0.2, 0.25) is 0 Å². The van der Waals surface area contributed by atoms with Gasteiger partial charge in [-0.15, -0.1) is 0 Å². The molecular formula is C17H19NO2. The predicted molar refractivity (Wildman–Crippen MR) is 80.1 cm³/mol. The number of hydroxylamine groups is 1. The predicted octanol–water partition coefficient (Wildman–Crippen LogP) is 4.07. The molecule has 3 nitrogen and oxygen atoms in total. The Morgan fingerprint density at radius 2 is 1.70 bits per heavy atom. The second kappa shape index (κ2) is 6.87. The van der Waals surface area contributed by atoms with E-state index in [1.165, 1.54) is 5.56 Å². The second-order valence-electron chi connectivity index (χ2n) is 4.75. The van der Waals surface area contributed by atoms with Crippen molar-refractivity contribution in [3.8, 4) is 0 Å². The number of unbranched alkanes of at least 4 members (excludes halogenated alkanes) is 1. The fraction of sp³-hybridized carbons (Fsp3) is 0.235. The van der Waals surface area contributed by atoms with Crippen molar-refractivity contribution in [2.24, 2.45) is 0 Å². The Labute approximate surface area is 119 Å². The molecule has 0 atom stereocenters. The number of hydrogen-bond donors (Lipinski definition) is 1. The van der Waals surface area contributed by atoms with Gasteiger partial charge in [-0.2, -0.15) is 5.06 Å². The summed E-state index contributed by atoms with van der Waals surface area (Å²) in [5.41, 5.74) is 2.16. The molecule has 20 heavy (non-hydrogen) atoms. The van der Waals surface area contributed by atoms with Gasteiger partial charge in [-0.25, -0.2) is 0 Å². The number of hydrogen-bond acceptors (Lipinski definition) is 2. The van der Waals surface area contributed by atoms with Crippen molar-refractivity contribution in [2.75, 3.05) is 5.06 Å². The topological polar surface area (TPSA) is 40.5 Å². The maximum atomic E-state index is 12.1. The van der Waals surface area contributed by atoms with Crippen molar-refractivity contribution in [3.63, 3.8) is 0 Å². The summed E-state index contributed by atoms with van der Waals surface area (Å²) in [5.74, 6) is -0.418. The quantitative estimate of drug-likeness (QED) is 0.656. The molecule has 0 saturated heterocycles. The van der Waals surface area contributed by atoms with Gasteiger partial charge in [0, 0.05) is 5.56 Å². The fourth-order valence-electron chi connectivity index (χ4n) is 2.00. The molecule has 2 rings (SSSR count). The van der Waals surface area contributed by atoms with Gasteiger partial charge >= 0.3 is 0 Å². The number of benzene rings is 2. The summed E-state index contributed by atoms with van der Waals surface area (Å²) in [6.07, 6.45) is 3.31. The maximum absolute atomic E-state index is 12.1. The third-order valence-corrected chi connectivity index (χ3v) is 3.21. The van der Waals surface area contributed by atoms with Crippen LogP contribution in [-0.2, 0) is 6.42 Å². The molecule has 0 heterocycles. The average Bonchev–Trinajstić information content (AvgIpc) is 2.53. The Morgan fingerprint density at radius 3 is 2.30 bits per heavy atom. The Hall–Kier alpha value is -2.13. The lowest BCUT2D eigenvalue weighted by Gasteiger charge is -2.15. The summed E-state index contributed by atoms with van der Waals surface area (Å²) in [4.78, 5) is 12.1. The Morgan fingerprint density at radius 1 is 1.05 bits per heavy atom. The lowest BCUT2D eigenvalue weighted by atomic mass is 10.1. The van der Waals surface area contributed by atoms with Crippen molar-refractivity contribution in [3.05, 3.63) is 65.7 Å². The molecule has 0 spiro atoms. The smallest absolute Gasteiger partial charge is 0.281 e. The Kier molecular flexibility index (Phi) is 4.91. The molecule has 0 aromatic heterocycles. The van der Waals surface area contributed by atoms with Gasteiger partial charge in [-0.3, -0.25) is 10.0 Å². The lowest BCUT2D eigenvalue weighted by Crippen LogP contribution is -2.26. The van der Waals surface area contributed by atoms with E-state index in [0.717, 1.165) is 19.3 Å². The van der Waals surface area contributed by atoms with Crippen LogP contribution in [0.5, 0.6) is 0 Å². The van der Waals surface area contributed by atoms with Gasteiger partial charge in [0.25, 0.3) is 5.91 Å². The molecule has 3 heteroatoms. The van der Waals surface area contributed by atoms with Crippen molar-refractivity contribution in [1.29, 1.82) is 0 Å². The van der Waals surface area contributed by atoms with E-state index in [1.54, 1.807) is 36.4 Å². The molecule has 1 amide bonds. The van der Waals surface area contributed by atoms with Crippen LogP contribution in [0.2, 0.25) is 0 Å². The standard InChI is InChI=1S/C17H19NO2/c1-2-3-7-14-10-12-15(13-11-14)17(19)18(20)16-8-5-4-6-9-16/h4-6,8-13,20H,2-3,7H2,1H3. The first-order chi connectivity index (χ1) is 9.72. The van der Waals surface area contributed by atoms with E-state index in [2.05, 4.69) is 6.92 Å². The number of anilines is 1. The Balaban J connectivity index is 2.09. The second-order valence-corrected chi connectivity index (χ2v) is 4.75. The van der Waals surface area contributed by atoms with Gasteiger partial charge in [-0.05, 0) is 42.7 Å². The zero-order valence-corrected chi connectivity index (χ0v) is 11.6. The number of nitrogens with zero attached hydrogens (tertiary/aromatic N) is 1. The average molecular weight is 269 g/mol. The highest BCUT2D eigenvalue weighted by atomic mass is 16.5. The van der Waals surface area contributed by atoms with Crippen LogP contribution >= 0.6 is 0 Å². The van der Waals surface area contributed by atoms with Crippen LogP contribution in [0.1, 0.15) is 35.7 Å². The summed E-state index contributed by atoms with van der Waals surface area (Å²) in [5, 5.41) is 10.6. The summed E-state index contributed by atoms with van der Waals surface area (Å²) >= 11 is 0. The number of aryl methyl sites for hydroxylation is 1. The maximum Gasteiger partial charge on any atom is 0.281 e. The minimum absolute atomic E-state index is 0.418. The van der Waals surface area contributed by atoms with Crippen LogP contribution in [0, 0.1) is 0 Å². The van der Waals surface area contributed by atoms with E-state index in [4.69, 9.17) is 0 Å². The van der Waals surface area contributed by atoms with Crippen LogP contribution in [-0.4, -0.2) is 11.1 Å². The monoisotopic (exact) mass is 269 g/mol. The molecule has 0 radical (unpaired) electrons. The van der Waals surface area contributed by atoms with Crippen LogP contribution in [0.25, 0.3) is 0 Å². The van der Waals surface area contributed by atoms with Crippen LogP contribution in [0.15, 0.2) is 54.6 Å². The molecule has 0 aliphatic heterocycles. The lowest BCUT2D eigenvalue weighted by molar-refractivity contribution is 0.0855. The van der Waals surface area contributed by atoms with E-state index in [0.29, 0.717) is 16.3 Å². The SMILES string of the molecule is CCCCc1ccc(C(=O)N(O)c2ccccc2)cc1. The highest BCUT2D eigenvalue weighted by Crippen LogP contribution is 2.15. The van der Waals surface area contributed by atoms with E-state index in [-0.39, 0.29) is 0 Å². The van der Waals surface area contributed by atoms with Crippen molar-refractivity contribution in [2.45, 2.75) is 26.2 Å². The van der Waals surface area contributed by atoms with E-state index in [1.807, 2.05) is 18.2 Å². The normalized spacial score (nSPS) is 10.3. The highest BCUT2D eigenvalue weighted by molar-refractivity contribution is 6.04. The first kappa shape index (κ1) is 14.3. The fourth-order valence-corrected chi connectivity index (χ4v) is 2.00. The summed E-state index contributed by atoms with van der Waals surface area (Å²) in [6, 6.07) is 16.2. The van der Waals surface area contributed by atoms with Crippen molar-refractivity contribution in [1.82, 2.24) is 0 Å². The van der Waals surface area contributed by atoms with Gasteiger partial charge in [0.05, 0.1) is 5.69 Å². The molecule has 0 aliphatic rings. The summed E-state index contributed by atoms with van der Waals surface area (Å²) in [6.45, 7) is 2.15. The van der Waals surface area contributed by atoms with Crippen LogP contribution < -0.4 is 5.06 Å². The molecular weight excluding hydrogens is 250 g/mol. The van der Waals surface area contributed by atoms with Crippen molar-refractivity contribution >= 4 is 11.6 Å². The molecule has 0 bridgehead atoms. The van der Waals surface area contributed by atoms with Crippen molar-refractivity contribution < 1.29 is 10.0 Å². The number of carbonyl (C=O) groups excluding carboxylic acids is 1. The van der Waals surface area contributed by atoms with Gasteiger partial charge in [-0.1, -0.05) is 43.7 Å². The number of para-hydroxylation sites is 1. The molecule has 2 aromatic rings. The molecule has 0 unspecified atom stereocenters. The van der Waals surface area contributed by atoms with E-state index >= 15 is 0 Å². The molecule has 2 aromatic carbocycles. The largest absolute Gasteiger partial charge is 0.281 e. The Bertz CT molecular complexity index is 549. The zero-order valence-electron chi connectivity index (χ0n) is 11.6. The first-order valence-corrected chi connectivity index (χ1v) is 6.89. The minimum Gasteiger partial charge on any atom is -0.281 e. The number of amides is 1. The molecule has 0 fully saturated rings. The molecule has 104 valence electrons. The summed E-state index contributed by atoms with van der Waals surface area (Å²) in [7, 11) is 0. The minimum atomic E-state index is -0.418. The molecule has 1 N–H and O–H groups in total. The van der Waals surface area contributed by atoms with E-state index < -0.39 is 5.91 Å². The third-order valence-electron chi connectivity index (χ3n) is 3.21. The number of rotatable bonds is 5. The molecule has 0 aliphatic carbocycles. The van der Waals surface area contributed by atoms with Gasteiger partial charge < -0.3 is 0 Å². The summed E-state index contributed by atoms with van der Waals surface area (Å²) < 4.78 is 0. The zero-order chi connectivity index (χ0) is 14.4. The third kappa shape index (κ3) is 3.45. The number of carbonyl (C=O) groups is 1. The van der Waals surface area contributed by atoms with Crippen LogP contribution in [0.3, 0.4) is 0 Å². The van der Waals surface area contributed by atoms with E-state index in [9.17, 15) is 10.0 Å². The van der Waals surface area contributed by atoms with Gasteiger partial charge in [0.15, 0.2) is 0 Å². The van der Waals surface area contributed by atoms with Gasteiger partial charge in [0.1, 0.15) is 0 Å². The van der Waals surface area contributed by atoms with Crippen LogP contribution in [0.4, 0.5) is 5.69 Å². The molecule has 0 saturated carbocycles. The highest BCUT2D eigenvalue weighted by Gasteiger charge is 2.14.